The van der Waals surface area contributed by atoms with E-state index in [4.69, 9.17) is 4.74 Å². The Balaban J connectivity index is 2.52. The molecule has 0 fully saturated rings. The Bertz CT molecular complexity index is 925. The maximum absolute atomic E-state index is 13.8. The molecule has 0 heterocycles. The molecular formula is C20H18F6N2O3. The Morgan fingerprint density at radius 2 is 1.45 bits per heavy atom. The highest BCUT2D eigenvalue weighted by Crippen LogP contribution is 2.44. The lowest BCUT2D eigenvalue weighted by atomic mass is 10.1. The van der Waals surface area contributed by atoms with Gasteiger partial charge in [-0.15, -0.1) is 0 Å². The fourth-order valence-corrected chi connectivity index (χ4v) is 2.65. The molecule has 11 heteroatoms. The topological polar surface area (TPSA) is 67.4 Å². The van der Waals surface area contributed by atoms with Gasteiger partial charge in [0.05, 0.1) is 12.2 Å². The summed E-state index contributed by atoms with van der Waals surface area (Å²) in [6.45, 7) is 2.76. The van der Waals surface area contributed by atoms with Gasteiger partial charge in [0.15, 0.2) is 5.78 Å². The van der Waals surface area contributed by atoms with Crippen molar-refractivity contribution in [2.24, 2.45) is 0 Å². The van der Waals surface area contributed by atoms with Crippen LogP contribution in [0.15, 0.2) is 48.5 Å². The SMILES string of the molecule is CCOc1ccccc1C(=O)NC(Nc1ccc(C(C)=O)cc1)(C(F)(F)F)C(F)(F)F. The normalized spacial score (nSPS) is 12.3. The van der Waals surface area contributed by atoms with Crippen LogP contribution in [0.25, 0.3) is 0 Å². The van der Waals surface area contributed by atoms with Gasteiger partial charge in [0.25, 0.3) is 5.91 Å². The summed E-state index contributed by atoms with van der Waals surface area (Å²) in [5.41, 5.74) is -5.84. The minimum Gasteiger partial charge on any atom is -0.493 e. The van der Waals surface area contributed by atoms with Gasteiger partial charge in [0, 0.05) is 11.3 Å². The van der Waals surface area contributed by atoms with Crippen molar-refractivity contribution in [3.05, 3.63) is 59.7 Å². The Kier molecular flexibility index (Phi) is 6.87. The summed E-state index contributed by atoms with van der Waals surface area (Å²) in [5, 5.41) is 2.42. The maximum Gasteiger partial charge on any atom is 0.439 e. The molecular weight excluding hydrogens is 430 g/mol. The van der Waals surface area contributed by atoms with Crippen molar-refractivity contribution in [2.45, 2.75) is 31.9 Å². The molecule has 0 saturated carbocycles. The molecule has 2 aromatic carbocycles. The number of nitrogens with one attached hydrogen (secondary N) is 2. The minimum absolute atomic E-state index is 0.0364. The smallest absolute Gasteiger partial charge is 0.439 e. The molecule has 0 aliphatic heterocycles. The number of benzene rings is 2. The van der Waals surface area contributed by atoms with Crippen LogP contribution in [0.3, 0.4) is 0 Å². The third-order valence-corrected chi connectivity index (χ3v) is 4.21. The van der Waals surface area contributed by atoms with Gasteiger partial charge in [-0.2, -0.15) is 26.3 Å². The first-order valence-corrected chi connectivity index (χ1v) is 8.89. The van der Waals surface area contributed by atoms with Crippen molar-refractivity contribution in [2.75, 3.05) is 11.9 Å². The highest BCUT2D eigenvalue weighted by atomic mass is 19.4. The number of ether oxygens (including phenoxy) is 1. The molecule has 5 nitrogen and oxygen atoms in total. The second kappa shape index (κ2) is 8.86. The number of carbonyl (C=O) groups is 2. The van der Waals surface area contributed by atoms with Crippen LogP contribution < -0.4 is 15.4 Å². The fraction of sp³-hybridized carbons (Fsp3) is 0.300. The molecule has 2 rings (SSSR count). The second-order valence-electron chi connectivity index (χ2n) is 6.39. The molecule has 2 aromatic rings. The summed E-state index contributed by atoms with van der Waals surface area (Å²) in [6, 6.07) is 8.86. The molecule has 0 unspecified atom stereocenters. The van der Waals surface area contributed by atoms with Crippen LogP contribution >= 0.6 is 0 Å². The third kappa shape index (κ3) is 5.09. The Labute approximate surface area is 173 Å². The molecule has 2 N–H and O–H groups in total. The van der Waals surface area contributed by atoms with Crippen molar-refractivity contribution in [1.82, 2.24) is 5.32 Å². The summed E-state index contributed by atoms with van der Waals surface area (Å²) in [7, 11) is 0. The van der Waals surface area contributed by atoms with E-state index < -0.39 is 41.0 Å². The van der Waals surface area contributed by atoms with Gasteiger partial charge < -0.3 is 15.4 Å². The van der Waals surface area contributed by atoms with E-state index in [9.17, 15) is 35.9 Å². The molecule has 168 valence electrons. The molecule has 0 spiro atoms. The summed E-state index contributed by atoms with van der Waals surface area (Å²) >= 11 is 0. The summed E-state index contributed by atoms with van der Waals surface area (Å²) in [5.74, 6) is -2.25. The van der Waals surface area contributed by atoms with E-state index in [0.29, 0.717) is 0 Å². The van der Waals surface area contributed by atoms with Crippen LogP contribution in [-0.2, 0) is 0 Å². The molecule has 0 aliphatic carbocycles. The lowest BCUT2D eigenvalue weighted by Gasteiger charge is -2.39. The van der Waals surface area contributed by atoms with Gasteiger partial charge in [0.2, 0.25) is 0 Å². The maximum atomic E-state index is 13.8. The molecule has 0 bridgehead atoms. The summed E-state index contributed by atoms with van der Waals surface area (Å²) in [6.07, 6.45) is -12.0. The van der Waals surface area contributed by atoms with E-state index in [1.807, 2.05) is 0 Å². The van der Waals surface area contributed by atoms with Crippen molar-refractivity contribution in [3.8, 4) is 5.75 Å². The number of halogens is 6. The zero-order valence-electron chi connectivity index (χ0n) is 16.3. The number of alkyl halides is 6. The van der Waals surface area contributed by atoms with Gasteiger partial charge >= 0.3 is 18.0 Å². The average Bonchev–Trinajstić information content (AvgIpc) is 2.66. The molecule has 31 heavy (non-hydrogen) atoms. The number of carbonyl (C=O) groups excluding carboxylic acids is 2. The number of amides is 1. The quantitative estimate of drug-likeness (QED) is 0.357. The van der Waals surface area contributed by atoms with Crippen LogP contribution in [0, 0.1) is 0 Å². The Morgan fingerprint density at radius 1 is 0.903 bits per heavy atom. The number of anilines is 1. The van der Waals surface area contributed by atoms with Crippen LogP contribution in [0.5, 0.6) is 5.75 Å². The first-order chi connectivity index (χ1) is 14.3. The highest BCUT2D eigenvalue weighted by molar-refractivity contribution is 5.98. The van der Waals surface area contributed by atoms with Crippen LogP contribution in [0.1, 0.15) is 34.6 Å². The first kappa shape index (κ1) is 24.0. The van der Waals surface area contributed by atoms with Gasteiger partial charge in [0.1, 0.15) is 5.75 Å². The molecule has 0 aromatic heterocycles. The van der Waals surface area contributed by atoms with Crippen molar-refractivity contribution < 1.29 is 40.7 Å². The van der Waals surface area contributed by atoms with Crippen LogP contribution in [0.2, 0.25) is 0 Å². The van der Waals surface area contributed by atoms with E-state index >= 15 is 0 Å². The van der Waals surface area contributed by atoms with Crippen molar-refractivity contribution >= 4 is 17.4 Å². The van der Waals surface area contributed by atoms with Gasteiger partial charge in [-0.1, -0.05) is 12.1 Å². The molecule has 0 atom stereocenters. The minimum atomic E-state index is -5.99. The Hall–Kier alpha value is -3.24. The number of para-hydroxylation sites is 1. The van der Waals surface area contributed by atoms with Crippen molar-refractivity contribution in [1.29, 1.82) is 0 Å². The van der Waals surface area contributed by atoms with E-state index in [2.05, 4.69) is 0 Å². The predicted octanol–water partition coefficient (Wildman–Crippen LogP) is 4.95. The summed E-state index contributed by atoms with van der Waals surface area (Å²) in [4.78, 5) is 23.8. The number of rotatable bonds is 7. The Morgan fingerprint density at radius 3 is 1.94 bits per heavy atom. The zero-order valence-corrected chi connectivity index (χ0v) is 16.3. The van der Waals surface area contributed by atoms with E-state index in [-0.39, 0.29) is 17.9 Å². The predicted molar refractivity (Wildman–Crippen MR) is 100.0 cm³/mol. The molecule has 0 radical (unpaired) electrons. The van der Waals surface area contributed by atoms with E-state index in [0.717, 1.165) is 35.6 Å². The van der Waals surface area contributed by atoms with Crippen molar-refractivity contribution in [3.63, 3.8) is 0 Å². The fourth-order valence-electron chi connectivity index (χ4n) is 2.65. The van der Waals surface area contributed by atoms with Gasteiger partial charge in [-0.25, -0.2) is 0 Å². The second-order valence-corrected chi connectivity index (χ2v) is 6.39. The standard InChI is InChI=1S/C20H18F6N2O3/c1-3-31-16-7-5-4-6-15(16)17(30)28-18(19(21,22)23,20(24,25)26)27-14-10-8-13(9-11-14)12(2)29/h4-11,27H,3H2,1-2H3,(H,28,30). The zero-order chi connectivity index (χ0) is 23.4. The number of hydrogen-bond acceptors (Lipinski definition) is 4. The number of ketones is 1. The van der Waals surface area contributed by atoms with Crippen LogP contribution in [-0.4, -0.2) is 36.3 Å². The highest BCUT2D eigenvalue weighted by Gasteiger charge is 2.72. The van der Waals surface area contributed by atoms with Gasteiger partial charge in [-0.05, 0) is 50.2 Å². The summed E-state index contributed by atoms with van der Waals surface area (Å²) < 4.78 is 88.0. The van der Waals surface area contributed by atoms with Crippen LogP contribution in [0.4, 0.5) is 32.0 Å². The average molecular weight is 448 g/mol. The first-order valence-electron chi connectivity index (χ1n) is 8.89. The molecule has 0 saturated heterocycles. The lowest BCUT2D eigenvalue weighted by molar-refractivity contribution is -0.294. The van der Waals surface area contributed by atoms with Gasteiger partial charge in [-0.3, -0.25) is 9.59 Å². The monoisotopic (exact) mass is 448 g/mol. The molecule has 1 amide bonds. The lowest BCUT2D eigenvalue weighted by Crippen LogP contribution is -2.72. The van der Waals surface area contributed by atoms with E-state index in [1.165, 1.54) is 37.4 Å². The molecule has 0 aliphatic rings. The largest absolute Gasteiger partial charge is 0.493 e. The van der Waals surface area contributed by atoms with E-state index in [1.54, 1.807) is 0 Å². The third-order valence-electron chi connectivity index (χ3n) is 4.21. The number of hydrogen-bond donors (Lipinski definition) is 2. The number of Topliss-reactive ketones (excluding diaryl/α,β-unsaturated/α-hetero) is 1.